The highest BCUT2D eigenvalue weighted by Crippen LogP contribution is 1.98. The van der Waals surface area contributed by atoms with E-state index in [9.17, 15) is 4.79 Å². The van der Waals surface area contributed by atoms with Crippen molar-refractivity contribution in [2.24, 2.45) is 5.73 Å². The van der Waals surface area contributed by atoms with Crippen molar-refractivity contribution in [3.63, 3.8) is 0 Å². The van der Waals surface area contributed by atoms with Crippen LogP contribution in [-0.2, 0) is 11.3 Å². The first kappa shape index (κ1) is 11.0. The minimum atomic E-state index is -0.542. The zero-order valence-corrected chi connectivity index (χ0v) is 9.04. The van der Waals surface area contributed by atoms with E-state index in [2.05, 4.69) is 15.4 Å². The molecule has 16 heavy (non-hydrogen) atoms. The molecule has 1 atom stereocenters. The van der Waals surface area contributed by atoms with Gasteiger partial charge in [0.05, 0.1) is 6.54 Å². The van der Waals surface area contributed by atoms with Gasteiger partial charge in [-0.05, 0) is 0 Å². The number of carbonyl (C=O) groups is 1. The third-order valence-corrected chi connectivity index (χ3v) is 2.60. The van der Waals surface area contributed by atoms with Gasteiger partial charge >= 0.3 is 0 Å². The lowest BCUT2D eigenvalue weighted by Gasteiger charge is -2.29. The molecule has 1 aliphatic heterocycles. The highest BCUT2D eigenvalue weighted by Gasteiger charge is 2.22. The maximum atomic E-state index is 11.9. The van der Waals surface area contributed by atoms with E-state index in [1.54, 1.807) is 15.9 Å². The first-order chi connectivity index (χ1) is 7.77. The van der Waals surface area contributed by atoms with Gasteiger partial charge in [0.2, 0.25) is 5.91 Å². The summed E-state index contributed by atoms with van der Waals surface area (Å²) in [7, 11) is 0. The first-order valence-corrected chi connectivity index (χ1v) is 5.35. The van der Waals surface area contributed by atoms with Crippen LogP contribution >= 0.6 is 0 Å². The fraction of sp³-hybridized carbons (Fsp3) is 0.667. The van der Waals surface area contributed by atoms with E-state index in [1.807, 2.05) is 0 Å². The fourth-order valence-corrected chi connectivity index (χ4v) is 1.73. The number of nitrogens with one attached hydrogen (secondary N) is 1. The van der Waals surface area contributed by atoms with Crippen LogP contribution in [0.3, 0.4) is 0 Å². The Morgan fingerprint density at radius 2 is 2.25 bits per heavy atom. The number of amides is 1. The lowest BCUT2D eigenvalue weighted by atomic mass is 10.2. The lowest BCUT2D eigenvalue weighted by molar-refractivity contribution is -0.133. The van der Waals surface area contributed by atoms with Gasteiger partial charge < -0.3 is 16.0 Å². The van der Waals surface area contributed by atoms with Gasteiger partial charge in [0.15, 0.2) is 0 Å². The summed E-state index contributed by atoms with van der Waals surface area (Å²) in [4.78, 5) is 17.5. The summed E-state index contributed by atoms with van der Waals surface area (Å²) in [5.74, 6) is -0.0167. The molecule has 0 saturated carbocycles. The van der Waals surface area contributed by atoms with Crippen LogP contribution in [0.2, 0.25) is 0 Å². The van der Waals surface area contributed by atoms with Crippen molar-refractivity contribution >= 4 is 5.91 Å². The van der Waals surface area contributed by atoms with Crippen molar-refractivity contribution in [1.29, 1.82) is 0 Å². The Morgan fingerprint density at radius 3 is 2.88 bits per heavy atom. The second-order valence-corrected chi connectivity index (χ2v) is 3.80. The average molecular weight is 224 g/mol. The van der Waals surface area contributed by atoms with E-state index in [4.69, 9.17) is 5.73 Å². The third-order valence-electron chi connectivity index (χ3n) is 2.60. The van der Waals surface area contributed by atoms with Gasteiger partial charge in [-0.15, -0.1) is 0 Å². The molecule has 88 valence electrons. The Morgan fingerprint density at radius 1 is 1.50 bits per heavy atom. The number of hydrogen-bond acceptors (Lipinski definition) is 5. The van der Waals surface area contributed by atoms with Gasteiger partial charge in [0.25, 0.3) is 0 Å². The molecule has 1 fully saturated rings. The molecule has 0 bridgehead atoms. The van der Waals surface area contributed by atoms with Crippen molar-refractivity contribution in [3.05, 3.63) is 12.7 Å². The van der Waals surface area contributed by atoms with Crippen molar-refractivity contribution in [3.8, 4) is 0 Å². The quantitative estimate of drug-likeness (QED) is 0.622. The number of aromatic nitrogens is 3. The molecule has 1 unspecified atom stereocenters. The predicted octanol–water partition coefficient (Wildman–Crippen LogP) is -1.96. The molecular weight excluding hydrogens is 208 g/mol. The Hall–Kier alpha value is -1.47. The summed E-state index contributed by atoms with van der Waals surface area (Å²) in [5, 5.41) is 7.12. The molecule has 1 aromatic heterocycles. The fourth-order valence-electron chi connectivity index (χ4n) is 1.73. The molecule has 0 aromatic carbocycles. The van der Waals surface area contributed by atoms with Crippen molar-refractivity contribution in [2.45, 2.75) is 12.6 Å². The summed E-state index contributed by atoms with van der Waals surface area (Å²) in [6.45, 7) is 3.50. The summed E-state index contributed by atoms with van der Waals surface area (Å²) in [5.41, 5.74) is 5.84. The van der Waals surface area contributed by atoms with E-state index in [0.717, 1.165) is 26.2 Å². The van der Waals surface area contributed by atoms with Gasteiger partial charge in [-0.1, -0.05) is 0 Å². The van der Waals surface area contributed by atoms with Gasteiger partial charge in [-0.3, -0.25) is 9.48 Å². The summed E-state index contributed by atoms with van der Waals surface area (Å²) >= 11 is 0. The van der Waals surface area contributed by atoms with Crippen LogP contribution in [0.15, 0.2) is 12.7 Å². The van der Waals surface area contributed by atoms with Crippen LogP contribution < -0.4 is 11.1 Å². The smallest absolute Gasteiger partial charge is 0.241 e. The molecule has 3 N–H and O–H groups in total. The number of nitrogens with two attached hydrogens (primary N) is 1. The van der Waals surface area contributed by atoms with Crippen molar-refractivity contribution < 1.29 is 4.79 Å². The Balaban J connectivity index is 1.88. The number of piperazine rings is 1. The Labute approximate surface area is 93.6 Å². The maximum absolute atomic E-state index is 11.9. The van der Waals surface area contributed by atoms with Gasteiger partial charge in [0.1, 0.15) is 18.7 Å². The topological polar surface area (TPSA) is 89.1 Å². The molecule has 7 heteroatoms. The third kappa shape index (κ3) is 2.56. The van der Waals surface area contributed by atoms with Crippen LogP contribution in [0.1, 0.15) is 0 Å². The van der Waals surface area contributed by atoms with E-state index < -0.39 is 6.04 Å². The van der Waals surface area contributed by atoms with Crippen LogP contribution in [0.5, 0.6) is 0 Å². The highest BCUT2D eigenvalue weighted by molar-refractivity contribution is 5.81. The minimum Gasteiger partial charge on any atom is -0.339 e. The van der Waals surface area contributed by atoms with E-state index in [1.165, 1.54) is 6.33 Å². The Kier molecular flexibility index (Phi) is 3.47. The number of nitrogens with zero attached hydrogens (tertiary/aromatic N) is 4. The molecule has 0 spiro atoms. The molecule has 1 aromatic rings. The predicted molar refractivity (Wildman–Crippen MR) is 57.4 cm³/mol. The second-order valence-electron chi connectivity index (χ2n) is 3.80. The molecule has 1 amide bonds. The zero-order chi connectivity index (χ0) is 11.4. The van der Waals surface area contributed by atoms with Gasteiger partial charge in [0, 0.05) is 26.2 Å². The van der Waals surface area contributed by atoms with E-state index >= 15 is 0 Å². The zero-order valence-electron chi connectivity index (χ0n) is 9.04. The molecular formula is C9H16N6O. The summed E-state index contributed by atoms with van der Waals surface area (Å²) < 4.78 is 1.57. The molecule has 0 radical (unpaired) electrons. The molecule has 7 nitrogen and oxygen atoms in total. The number of carbonyl (C=O) groups excluding carboxylic acids is 1. The highest BCUT2D eigenvalue weighted by atomic mass is 16.2. The van der Waals surface area contributed by atoms with Crippen molar-refractivity contribution in [1.82, 2.24) is 25.0 Å². The van der Waals surface area contributed by atoms with E-state index in [-0.39, 0.29) is 5.91 Å². The van der Waals surface area contributed by atoms with Crippen molar-refractivity contribution in [2.75, 3.05) is 26.2 Å². The SMILES string of the molecule is NC(Cn1cncn1)C(=O)N1CCNCC1. The minimum absolute atomic E-state index is 0.0167. The van der Waals surface area contributed by atoms with Crippen LogP contribution in [0, 0.1) is 0 Å². The summed E-state index contributed by atoms with van der Waals surface area (Å²) in [6.07, 6.45) is 2.99. The molecule has 1 aliphatic rings. The van der Waals surface area contributed by atoms with Gasteiger partial charge in [-0.25, -0.2) is 4.98 Å². The molecule has 2 heterocycles. The second kappa shape index (κ2) is 5.04. The molecule has 1 saturated heterocycles. The lowest BCUT2D eigenvalue weighted by Crippen LogP contribution is -2.52. The molecule has 0 aliphatic carbocycles. The number of rotatable bonds is 3. The van der Waals surface area contributed by atoms with Gasteiger partial charge in [-0.2, -0.15) is 5.10 Å². The monoisotopic (exact) mass is 224 g/mol. The largest absolute Gasteiger partial charge is 0.339 e. The summed E-state index contributed by atoms with van der Waals surface area (Å²) in [6, 6.07) is -0.542. The average Bonchev–Trinajstić information content (AvgIpc) is 2.82. The normalized spacial score (nSPS) is 18.4. The number of hydrogen-bond donors (Lipinski definition) is 2. The molecule has 2 rings (SSSR count). The van der Waals surface area contributed by atoms with Crippen LogP contribution in [0.4, 0.5) is 0 Å². The van der Waals surface area contributed by atoms with E-state index in [0.29, 0.717) is 6.54 Å². The standard InChI is InChI=1S/C9H16N6O/c10-8(5-15-7-12-6-13-15)9(16)14-3-1-11-2-4-14/h6-8,11H,1-5,10H2. The first-order valence-electron chi connectivity index (χ1n) is 5.35. The van der Waals surface area contributed by atoms with Crippen LogP contribution in [-0.4, -0.2) is 57.8 Å². The Bertz CT molecular complexity index is 332. The van der Waals surface area contributed by atoms with Crippen LogP contribution in [0.25, 0.3) is 0 Å². The maximum Gasteiger partial charge on any atom is 0.241 e.